The number of hydrogen-bond acceptors (Lipinski definition) is 6. The molecule has 25 heavy (non-hydrogen) atoms. The molecule has 2 aromatic carbocycles. The minimum absolute atomic E-state index is 0.150. The molecule has 0 aromatic heterocycles. The first-order valence-electron chi connectivity index (χ1n) is 7.01. The first-order valence-corrected chi connectivity index (χ1v) is 9.49. The molecule has 0 N–H and O–H groups in total. The number of hydrogen-bond donors (Lipinski definition) is 0. The van der Waals surface area contributed by atoms with Gasteiger partial charge in [0.25, 0.3) is 11.4 Å². The van der Waals surface area contributed by atoms with Gasteiger partial charge in [-0.25, -0.2) is 8.42 Å². The summed E-state index contributed by atoms with van der Waals surface area (Å²) in [5.74, 6) is -0.407. The van der Waals surface area contributed by atoms with Crippen molar-refractivity contribution in [3.05, 3.63) is 79.9 Å². The number of halogens is 1. The summed E-state index contributed by atoms with van der Waals surface area (Å²) in [7, 11) is 1.33. The number of nitro benzene ring substituents is 2. The first-order chi connectivity index (χ1) is 11.6. The summed E-state index contributed by atoms with van der Waals surface area (Å²) in [4.78, 5) is 19.6. The number of nitrogens with zero attached hydrogens (tertiary/aromatic N) is 2. The Morgan fingerprint density at radius 2 is 1.36 bits per heavy atom. The summed E-state index contributed by atoms with van der Waals surface area (Å²) in [5, 5.41) is 20.6. The van der Waals surface area contributed by atoms with E-state index in [0.717, 1.165) is 12.0 Å². The maximum atomic E-state index is 10.7. The van der Waals surface area contributed by atoms with E-state index in [1.807, 2.05) is 13.0 Å². The predicted molar refractivity (Wildman–Crippen MR) is 94.0 cm³/mol. The van der Waals surface area contributed by atoms with Gasteiger partial charge in [-0.2, -0.15) is 0 Å². The molecular formula is C15H15ClN2O6S. The molecule has 2 rings (SSSR count). The highest BCUT2D eigenvalue weighted by Crippen LogP contribution is 2.16. The van der Waals surface area contributed by atoms with Gasteiger partial charge in [0.15, 0.2) is 0 Å². The summed E-state index contributed by atoms with van der Waals surface area (Å²) in [6.45, 7) is 1.97. The first kappa shape index (κ1) is 20.5. The molecule has 10 heteroatoms. The van der Waals surface area contributed by atoms with Gasteiger partial charge in [0, 0.05) is 34.9 Å². The summed E-state index contributed by atoms with van der Waals surface area (Å²) in [5.41, 5.74) is 1.32. The summed E-state index contributed by atoms with van der Waals surface area (Å²) < 4.78 is 21.4. The fourth-order valence-electron chi connectivity index (χ4n) is 1.85. The van der Waals surface area contributed by atoms with Crippen molar-refractivity contribution in [2.24, 2.45) is 0 Å². The minimum atomic E-state index is -3.67. The van der Waals surface area contributed by atoms with Crippen LogP contribution < -0.4 is 0 Å². The molecule has 0 radical (unpaired) electrons. The van der Waals surface area contributed by atoms with Crippen molar-refractivity contribution in [1.29, 1.82) is 0 Å². The zero-order valence-corrected chi connectivity index (χ0v) is 14.7. The number of benzene rings is 2. The third-order valence-corrected chi connectivity index (χ3v) is 4.00. The van der Waals surface area contributed by atoms with Crippen molar-refractivity contribution in [2.45, 2.75) is 19.1 Å². The lowest BCUT2D eigenvalue weighted by atomic mass is 10.1. The highest BCUT2D eigenvalue weighted by molar-refractivity contribution is 8.13. The molecule has 0 heterocycles. The lowest BCUT2D eigenvalue weighted by Crippen LogP contribution is -1.96. The second kappa shape index (κ2) is 9.09. The van der Waals surface area contributed by atoms with Gasteiger partial charge in [-0.1, -0.05) is 31.2 Å². The lowest BCUT2D eigenvalue weighted by molar-refractivity contribution is -0.385. The van der Waals surface area contributed by atoms with Gasteiger partial charge in [0.2, 0.25) is 9.05 Å². The van der Waals surface area contributed by atoms with Crippen molar-refractivity contribution in [2.75, 3.05) is 0 Å². The van der Waals surface area contributed by atoms with Gasteiger partial charge < -0.3 is 0 Å². The Morgan fingerprint density at radius 3 is 1.76 bits per heavy atom. The van der Waals surface area contributed by atoms with Crippen LogP contribution in [0.2, 0.25) is 0 Å². The quantitative estimate of drug-likeness (QED) is 0.437. The molecule has 0 saturated carbocycles. The third-order valence-electron chi connectivity index (χ3n) is 2.99. The molecule has 2 aromatic rings. The molecule has 0 atom stereocenters. The highest BCUT2D eigenvalue weighted by Gasteiger charge is 2.11. The van der Waals surface area contributed by atoms with E-state index in [1.54, 1.807) is 12.1 Å². The summed E-state index contributed by atoms with van der Waals surface area (Å²) in [6, 6.07) is 12.0. The van der Waals surface area contributed by atoms with Crippen LogP contribution >= 0.6 is 10.7 Å². The Balaban J connectivity index is 0.000000257. The molecule has 8 nitrogen and oxygen atoms in total. The average molecular weight is 387 g/mol. The summed E-state index contributed by atoms with van der Waals surface area (Å²) in [6.07, 6.45) is 0.835. The van der Waals surface area contributed by atoms with E-state index in [4.69, 9.17) is 10.7 Å². The van der Waals surface area contributed by atoms with Crippen LogP contribution in [0.15, 0.2) is 48.5 Å². The van der Waals surface area contributed by atoms with Gasteiger partial charge in [-0.05, 0) is 17.5 Å². The van der Waals surface area contributed by atoms with Crippen molar-refractivity contribution >= 4 is 31.1 Å². The summed E-state index contributed by atoms with van der Waals surface area (Å²) >= 11 is 0. The van der Waals surface area contributed by atoms with Crippen LogP contribution in [0.1, 0.15) is 18.1 Å². The minimum Gasteiger partial charge on any atom is -0.258 e. The second-order valence-electron chi connectivity index (χ2n) is 4.89. The SMILES string of the molecule is CCc1cccc([N+](=O)[O-])c1.O=[N+]([O-])c1cccc(CS(=O)(=O)Cl)c1. The van der Waals surface area contributed by atoms with Crippen molar-refractivity contribution in [3.63, 3.8) is 0 Å². The lowest BCUT2D eigenvalue weighted by Gasteiger charge is -1.97. The van der Waals surface area contributed by atoms with E-state index in [-0.39, 0.29) is 16.3 Å². The van der Waals surface area contributed by atoms with E-state index in [1.165, 1.54) is 30.3 Å². The third kappa shape index (κ3) is 7.73. The van der Waals surface area contributed by atoms with E-state index in [2.05, 4.69) is 0 Å². The van der Waals surface area contributed by atoms with Gasteiger partial charge >= 0.3 is 0 Å². The van der Waals surface area contributed by atoms with Gasteiger partial charge in [0.05, 0.1) is 15.6 Å². The van der Waals surface area contributed by atoms with Crippen LogP contribution in [0.3, 0.4) is 0 Å². The second-order valence-corrected chi connectivity index (χ2v) is 7.67. The van der Waals surface area contributed by atoms with Crippen LogP contribution in [0.25, 0.3) is 0 Å². The molecule has 0 saturated heterocycles. The number of aryl methyl sites for hydroxylation is 1. The standard InChI is InChI=1S/C8H9NO2.C7H6ClNO4S/c1-2-7-4-3-5-8(6-7)9(10)11;8-14(12,13)5-6-2-1-3-7(4-6)9(10)11/h3-6H,2H2,1H3;1-4H,5H2. The smallest absolute Gasteiger partial charge is 0.258 e. The van der Waals surface area contributed by atoms with Gasteiger partial charge in [-0.3, -0.25) is 20.2 Å². The predicted octanol–water partition coefficient (Wildman–Crippen LogP) is 3.82. The van der Waals surface area contributed by atoms with Gasteiger partial charge in [0.1, 0.15) is 0 Å². The van der Waals surface area contributed by atoms with E-state index in [0.29, 0.717) is 5.56 Å². The van der Waals surface area contributed by atoms with E-state index < -0.39 is 19.7 Å². The van der Waals surface area contributed by atoms with Crippen molar-refractivity contribution < 1.29 is 18.3 Å². The van der Waals surface area contributed by atoms with Crippen LogP contribution in [0.5, 0.6) is 0 Å². The molecule has 0 amide bonds. The van der Waals surface area contributed by atoms with Crippen LogP contribution in [-0.2, 0) is 21.2 Å². The van der Waals surface area contributed by atoms with Crippen LogP contribution in [0, 0.1) is 20.2 Å². The van der Waals surface area contributed by atoms with Crippen LogP contribution in [0.4, 0.5) is 11.4 Å². The molecule has 0 spiro atoms. The normalized spacial score (nSPS) is 10.5. The maximum absolute atomic E-state index is 10.7. The molecule has 0 unspecified atom stereocenters. The molecule has 134 valence electrons. The zero-order chi connectivity index (χ0) is 19.0. The Morgan fingerprint density at radius 1 is 0.920 bits per heavy atom. The number of non-ortho nitro benzene ring substituents is 2. The molecule has 0 fully saturated rings. The Hall–Kier alpha value is -2.52. The molecule has 0 aliphatic carbocycles. The number of nitro groups is 2. The van der Waals surface area contributed by atoms with Crippen LogP contribution in [-0.4, -0.2) is 18.3 Å². The largest absolute Gasteiger partial charge is 0.269 e. The Kier molecular flexibility index (Phi) is 7.46. The maximum Gasteiger partial charge on any atom is 0.269 e. The Labute approximate surface area is 148 Å². The number of rotatable bonds is 5. The van der Waals surface area contributed by atoms with E-state index in [9.17, 15) is 28.6 Å². The van der Waals surface area contributed by atoms with Gasteiger partial charge in [-0.15, -0.1) is 0 Å². The van der Waals surface area contributed by atoms with Crippen molar-refractivity contribution in [1.82, 2.24) is 0 Å². The van der Waals surface area contributed by atoms with Crippen molar-refractivity contribution in [3.8, 4) is 0 Å². The molecule has 0 aliphatic rings. The fraction of sp³-hybridized carbons (Fsp3) is 0.200. The molecular weight excluding hydrogens is 372 g/mol. The fourth-order valence-corrected chi connectivity index (χ4v) is 2.80. The highest BCUT2D eigenvalue weighted by atomic mass is 35.7. The molecule has 0 bridgehead atoms. The average Bonchev–Trinajstić information content (AvgIpc) is 2.54. The monoisotopic (exact) mass is 386 g/mol. The molecule has 0 aliphatic heterocycles. The zero-order valence-electron chi connectivity index (χ0n) is 13.2. The van der Waals surface area contributed by atoms with E-state index >= 15 is 0 Å². The Bertz CT molecular complexity index is 870. The topological polar surface area (TPSA) is 120 Å².